The van der Waals surface area contributed by atoms with E-state index < -0.39 is 35.8 Å². The van der Waals surface area contributed by atoms with Crippen LogP contribution < -0.4 is 5.32 Å². The molecule has 0 aliphatic carbocycles. The zero-order valence-corrected chi connectivity index (χ0v) is 21.5. The number of nitrogens with zero attached hydrogens (tertiary/aromatic N) is 2. The number of hydrogen-bond donors (Lipinski definition) is 3. The molecule has 3 N–H and O–H groups in total. The number of carboxylic acid groups (broad SMARTS) is 1. The highest BCUT2D eigenvalue weighted by atomic mass is 32.1. The van der Waals surface area contributed by atoms with Crippen molar-refractivity contribution in [2.75, 3.05) is 0 Å². The van der Waals surface area contributed by atoms with Crippen molar-refractivity contribution in [3.8, 4) is 0 Å². The number of ether oxygens (including phenoxy) is 1. The van der Waals surface area contributed by atoms with Gasteiger partial charge in [-0.3, -0.25) is 9.88 Å². The number of aliphatic hydroxyl groups is 1. The van der Waals surface area contributed by atoms with Crippen LogP contribution in [0.1, 0.15) is 36.8 Å². The summed E-state index contributed by atoms with van der Waals surface area (Å²) in [5.74, 6) is 0. The maximum atomic E-state index is 13.5. The van der Waals surface area contributed by atoms with Crippen LogP contribution in [0.2, 0.25) is 0 Å². The van der Waals surface area contributed by atoms with Gasteiger partial charge in [0.1, 0.15) is 6.61 Å². The maximum Gasteiger partial charge on any atom is 0.410 e. The number of benzene rings is 2. The van der Waals surface area contributed by atoms with Crippen LogP contribution in [0.3, 0.4) is 0 Å². The van der Waals surface area contributed by atoms with Gasteiger partial charge in [0.2, 0.25) is 0 Å². The Morgan fingerprint density at radius 1 is 1.06 bits per heavy atom. The van der Waals surface area contributed by atoms with E-state index in [1.807, 2.05) is 81.4 Å². The second-order valence-corrected chi connectivity index (χ2v) is 10.7. The molecule has 36 heavy (non-hydrogen) atoms. The van der Waals surface area contributed by atoms with E-state index in [-0.39, 0.29) is 19.6 Å². The number of carbonyl (C=O) groups is 2. The fourth-order valence-corrected chi connectivity index (χ4v) is 4.76. The fraction of sp³-hybridized carbons (Fsp3) is 0.370. The first-order valence-electron chi connectivity index (χ1n) is 11.7. The molecule has 1 heterocycles. The third kappa shape index (κ3) is 7.79. The Bertz CT molecular complexity index is 1090. The van der Waals surface area contributed by atoms with Crippen molar-refractivity contribution in [1.82, 2.24) is 15.2 Å². The smallest absolute Gasteiger partial charge is 0.410 e. The summed E-state index contributed by atoms with van der Waals surface area (Å²) in [6, 6.07) is 17.1. The van der Waals surface area contributed by atoms with Crippen LogP contribution in [0.5, 0.6) is 0 Å². The van der Waals surface area contributed by atoms with Gasteiger partial charge in [0.15, 0.2) is 0 Å². The minimum atomic E-state index is -1.25. The van der Waals surface area contributed by atoms with Crippen LogP contribution in [-0.2, 0) is 24.3 Å². The van der Waals surface area contributed by atoms with Gasteiger partial charge in [-0.15, -0.1) is 11.3 Å². The lowest BCUT2D eigenvalue weighted by molar-refractivity contribution is -0.0311. The van der Waals surface area contributed by atoms with Crippen LogP contribution in [-0.4, -0.2) is 50.5 Å². The van der Waals surface area contributed by atoms with Gasteiger partial charge in [-0.2, -0.15) is 0 Å². The summed E-state index contributed by atoms with van der Waals surface area (Å²) in [4.78, 5) is 31.5. The quantitative estimate of drug-likeness (QED) is 0.356. The summed E-state index contributed by atoms with van der Waals surface area (Å²) in [5, 5.41) is 23.7. The number of carbonyl (C=O) groups excluding carboxylic acids is 1. The van der Waals surface area contributed by atoms with Gasteiger partial charge in [0, 0.05) is 12.7 Å². The standard InChI is InChI=1S/C27H33N3O5S/c1-27(2,3)24(23(31)22(29-25(32)33)14-19-10-6-4-7-11-19)30(16-20-12-8-5-9-13-20)26(34)35-17-21-15-28-18-36-21/h4-13,15,18,22-24,29,31H,14,16-17H2,1-3H3,(H,32,33)/t22-,23+,24?/m0/s1. The molecule has 0 saturated carbocycles. The van der Waals surface area contributed by atoms with Gasteiger partial charge in [-0.25, -0.2) is 9.59 Å². The zero-order chi connectivity index (χ0) is 26.1. The molecule has 2 aromatic carbocycles. The molecule has 0 bridgehead atoms. The molecule has 9 heteroatoms. The number of thiazole rings is 1. The lowest BCUT2D eigenvalue weighted by atomic mass is 9.79. The van der Waals surface area contributed by atoms with Crippen LogP contribution in [0.25, 0.3) is 0 Å². The van der Waals surface area contributed by atoms with Gasteiger partial charge in [-0.1, -0.05) is 81.4 Å². The average Bonchev–Trinajstić information content (AvgIpc) is 3.35. The third-order valence-electron chi connectivity index (χ3n) is 5.82. The number of hydrogen-bond acceptors (Lipinski definition) is 6. The van der Waals surface area contributed by atoms with Crippen LogP contribution in [0.4, 0.5) is 9.59 Å². The van der Waals surface area contributed by atoms with Crippen molar-refractivity contribution < 1.29 is 24.5 Å². The molecule has 3 atom stereocenters. The Morgan fingerprint density at radius 2 is 1.67 bits per heavy atom. The molecule has 0 fully saturated rings. The summed E-state index contributed by atoms with van der Waals surface area (Å²) in [5.41, 5.74) is 2.77. The fourth-order valence-electron chi connectivity index (χ4n) is 4.25. The Labute approximate surface area is 215 Å². The Balaban J connectivity index is 1.95. The van der Waals surface area contributed by atoms with Crippen molar-refractivity contribution in [1.29, 1.82) is 0 Å². The average molecular weight is 512 g/mol. The second kappa shape index (κ2) is 12.5. The first-order valence-corrected chi connectivity index (χ1v) is 12.6. The van der Waals surface area contributed by atoms with Crippen molar-refractivity contribution in [3.63, 3.8) is 0 Å². The van der Waals surface area contributed by atoms with E-state index in [2.05, 4.69) is 10.3 Å². The van der Waals surface area contributed by atoms with Gasteiger partial charge in [0.05, 0.1) is 28.6 Å². The summed E-state index contributed by atoms with van der Waals surface area (Å²) >= 11 is 1.38. The minimum Gasteiger partial charge on any atom is -0.465 e. The van der Waals surface area contributed by atoms with Gasteiger partial charge < -0.3 is 20.3 Å². The van der Waals surface area contributed by atoms with Crippen molar-refractivity contribution >= 4 is 23.5 Å². The van der Waals surface area contributed by atoms with Gasteiger partial charge in [0.25, 0.3) is 0 Å². The van der Waals surface area contributed by atoms with E-state index in [9.17, 15) is 19.8 Å². The van der Waals surface area contributed by atoms with Crippen molar-refractivity contribution in [3.05, 3.63) is 88.4 Å². The number of aliphatic hydroxyl groups excluding tert-OH is 1. The monoisotopic (exact) mass is 511 g/mol. The summed E-state index contributed by atoms with van der Waals surface area (Å²) in [6.07, 6.45) is -1.16. The van der Waals surface area contributed by atoms with E-state index in [0.717, 1.165) is 16.0 Å². The molecule has 2 amide bonds. The molecule has 3 aromatic rings. The Hall–Kier alpha value is -3.43. The minimum absolute atomic E-state index is 0.0581. The number of amides is 2. The lowest BCUT2D eigenvalue weighted by Gasteiger charge is -2.44. The van der Waals surface area contributed by atoms with Gasteiger partial charge >= 0.3 is 12.2 Å². The molecule has 0 saturated heterocycles. The summed E-state index contributed by atoms with van der Waals surface area (Å²) in [7, 11) is 0. The molecule has 0 aliphatic heterocycles. The highest BCUT2D eigenvalue weighted by molar-refractivity contribution is 7.09. The number of rotatable bonds is 10. The first-order chi connectivity index (χ1) is 17.1. The highest BCUT2D eigenvalue weighted by Crippen LogP contribution is 2.31. The van der Waals surface area contributed by atoms with Crippen LogP contribution in [0, 0.1) is 5.41 Å². The molecule has 0 spiro atoms. The summed E-state index contributed by atoms with van der Waals surface area (Å²) in [6.45, 7) is 5.98. The zero-order valence-electron chi connectivity index (χ0n) is 20.7. The molecular formula is C27H33N3O5S. The molecule has 1 aromatic heterocycles. The molecule has 0 radical (unpaired) electrons. The van der Waals surface area contributed by atoms with Crippen molar-refractivity contribution in [2.45, 2.75) is 58.5 Å². The molecule has 3 rings (SSSR count). The topological polar surface area (TPSA) is 112 Å². The van der Waals surface area contributed by atoms with E-state index in [4.69, 9.17) is 4.74 Å². The second-order valence-electron chi connectivity index (χ2n) is 9.68. The van der Waals surface area contributed by atoms with Gasteiger partial charge in [-0.05, 0) is 23.0 Å². The Kier molecular flexibility index (Phi) is 9.44. The van der Waals surface area contributed by atoms with E-state index in [1.165, 1.54) is 16.2 Å². The van der Waals surface area contributed by atoms with E-state index >= 15 is 0 Å². The largest absolute Gasteiger partial charge is 0.465 e. The van der Waals surface area contributed by atoms with Crippen molar-refractivity contribution in [2.24, 2.45) is 5.41 Å². The van der Waals surface area contributed by atoms with E-state index in [0.29, 0.717) is 0 Å². The molecule has 192 valence electrons. The predicted molar refractivity (Wildman–Crippen MR) is 139 cm³/mol. The molecule has 1 unspecified atom stereocenters. The normalized spacial score (nSPS) is 13.9. The number of aromatic nitrogens is 1. The summed E-state index contributed by atoms with van der Waals surface area (Å²) < 4.78 is 5.64. The molecule has 8 nitrogen and oxygen atoms in total. The molecule has 0 aliphatic rings. The third-order valence-corrected chi connectivity index (χ3v) is 6.57. The Morgan fingerprint density at radius 3 is 2.19 bits per heavy atom. The molecular weight excluding hydrogens is 478 g/mol. The maximum absolute atomic E-state index is 13.5. The van der Waals surface area contributed by atoms with Crippen LogP contribution >= 0.6 is 11.3 Å². The highest BCUT2D eigenvalue weighted by Gasteiger charge is 2.43. The van der Waals surface area contributed by atoms with Crippen LogP contribution in [0.15, 0.2) is 72.4 Å². The van der Waals surface area contributed by atoms with E-state index in [1.54, 1.807) is 11.7 Å². The predicted octanol–water partition coefficient (Wildman–Crippen LogP) is 4.94. The first kappa shape index (κ1) is 27.2. The lowest BCUT2D eigenvalue weighted by Crippen LogP contribution is -2.60. The SMILES string of the molecule is CC(C)(C)C([C@H](O)[C@H](Cc1ccccc1)NC(=O)O)N(Cc1ccccc1)C(=O)OCc1cncs1. The number of nitrogens with one attached hydrogen (secondary N) is 1.